The van der Waals surface area contributed by atoms with E-state index in [1.807, 2.05) is 0 Å². The first-order valence-corrected chi connectivity index (χ1v) is 7.52. The molecule has 0 aliphatic rings. The minimum atomic E-state index is -1.03. The van der Waals surface area contributed by atoms with Crippen molar-refractivity contribution < 1.29 is 18.8 Å². The predicted molar refractivity (Wildman–Crippen MR) is 88.4 cm³/mol. The lowest BCUT2D eigenvalue weighted by Gasteiger charge is -2.13. The molecule has 3 N–H and O–H groups in total. The average molecular weight is 344 g/mol. The Kier molecular flexibility index (Phi) is 4.14. The number of ether oxygens (including phenoxy) is 1. The number of hydrogen-bond donors (Lipinski definition) is 3. The second kappa shape index (κ2) is 6.27. The molecule has 2 heterocycles. The molecule has 9 nitrogen and oxygen atoms in total. The summed E-state index contributed by atoms with van der Waals surface area (Å²) < 4.78 is 10.1. The van der Waals surface area contributed by atoms with Crippen LogP contribution in [0.15, 0.2) is 27.5 Å². The maximum Gasteiger partial charge on any atom is 0.344 e. The number of fused-ring (bicyclic) bond motifs is 1. The van der Waals surface area contributed by atoms with Crippen LogP contribution in [0.4, 0.5) is 5.69 Å². The third-order valence-corrected chi connectivity index (χ3v) is 3.67. The van der Waals surface area contributed by atoms with Crippen LogP contribution in [-0.4, -0.2) is 33.1 Å². The van der Waals surface area contributed by atoms with Gasteiger partial charge in [0.2, 0.25) is 0 Å². The summed E-state index contributed by atoms with van der Waals surface area (Å²) in [6.45, 7) is 4.67. The van der Waals surface area contributed by atoms with Crippen molar-refractivity contribution in [3.05, 3.63) is 45.7 Å². The van der Waals surface area contributed by atoms with Gasteiger partial charge < -0.3 is 24.5 Å². The van der Waals surface area contributed by atoms with Gasteiger partial charge in [-0.05, 0) is 39.0 Å². The second-order valence-electron chi connectivity index (χ2n) is 5.58. The Bertz CT molecular complexity index is 994. The van der Waals surface area contributed by atoms with Gasteiger partial charge in [0, 0.05) is 5.69 Å². The Balaban J connectivity index is 1.69. The molecule has 3 rings (SSSR count). The van der Waals surface area contributed by atoms with E-state index in [1.54, 1.807) is 32.0 Å². The maximum absolute atomic E-state index is 12.2. The highest BCUT2D eigenvalue weighted by molar-refractivity contribution is 5.98. The highest BCUT2D eigenvalue weighted by Crippen LogP contribution is 2.17. The first-order chi connectivity index (χ1) is 11.8. The Labute approximate surface area is 141 Å². The molecule has 130 valence electrons. The molecule has 1 amide bonds. The topological polar surface area (TPSA) is 130 Å². The molecule has 3 aromatic rings. The zero-order chi connectivity index (χ0) is 18.1. The van der Waals surface area contributed by atoms with Gasteiger partial charge >= 0.3 is 11.7 Å². The van der Waals surface area contributed by atoms with E-state index < -0.39 is 18.0 Å². The fourth-order valence-electron chi connectivity index (χ4n) is 2.40. The van der Waals surface area contributed by atoms with Crippen LogP contribution in [-0.2, 0) is 9.53 Å². The number of anilines is 1. The second-order valence-corrected chi connectivity index (χ2v) is 5.58. The number of benzene rings is 1. The Morgan fingerprint density at radius 3 is 2.64 bits per heavy atom. The first-order valence-electron chi connectivity index (χ1n) is 7.52. The van der Waals surface area contributed by atoms with Crippen molar-refractivity contribution in [2.24, 2.45) is 0 Å². The van der Waals surface area contributed by atoms with Crippen LogP contribution in [0.2, 0.25) is 0 Å². The monoisotopic (exact) mass is 344 g/mol. The first kappa shape index (κ1) is 16.5. The molecule has 1 aromatic carbocycles. The van der Waals surface area contributed by atoms with Gasteiger partial charge in [0.05, 0.1) is 16.7 Å². The third-order valence-electron chi connectivity index (χ3n) is 3.67. The molecule has 0 saturated heterocycles. The summed E-state index contributed by atoms with van der Waals surface area (Å²) in [5.41, 5.74) is 1.93. The number of amides is 1. The van der Waals surface area contributed by atoms with Crippen molar-refractivity contribution in [1.29, 1.82) is 0 Å². The molecule has 25 heavy (non-hydrogen) atoms. The van der Waals surface area contributed by atoms with Crippen molar-refractivity contribution in [1.82, 2.24) is 15.1 Å². The Hall–Kier alpha value is -3.36. The summed E-state index contributed by atoms with van der Waals surface area (Å²) in [4.78, 5) is 40.8. The van der Waals surface area contributed by atoms with Gasteiger partial charge in [-0.25, -0.2) is 9.59 Å². The van der Waals surface area contributed by atoms with Crippen LogP contribution in [0.25, 0.3) is 11.0 Å². The zero-order valence-corrected chi connectivity index (χ0v) is 13.8. The number of carbonyl (C=O) groups is 2. The van der Waals surface area contributed by atoms with E-state index >= 15 is 0 Å². The molecule has 2 aromatic heterocycles. The summed E-state index contributed by atoms with van der Waals surface area (Å²) >= 11 is 0. The van der Waals surface area contributed by atoms with Crippen molar-refractivity contribution in [2.75, 3.05) is 5.32 Å². The molecular formula is C16H16N4O5. The highest BCUT2D eigenvalue weighted by atomic mass is 16.5. The third kappa shape index (κ3) is 3.30. The fraction of sp³-hybridized carbons (Fsp3) is 0.250. The van der Waals surface area contributed by atoms with E-state index in [0.717, 1.165) is 0 Å². The average Bonchev–Trinajstić information content (AvgIpc) is 3.07. The van der Waals surface area contributed by atoms with E-state index in [0.29, 0.717) is 28.2 Å². The quantitative estimate of drug-likeness (QED) is 0.617. The number of rotatable bonds is 4. The van der Waals surface area contributed by atoms with Gasteiger partial charge in [0.25, 0.3) is 5.91 Å². The van der Waals surface area contributed by atoms with Gasteiger partial charge in [-0.1, -0.05) is 5.16 Å². The Morgan fingerprint density at radius 1 is 1.24 bits per heavy atom. The van der Waals surface area contributed by atoms with Crippen molar-refractivity contribution >= 4 is 28.6 Å². The van der Waals surface area contributed by atoms with Gasteiger partial charge in [0.15, 0.2) is 6.10 Å². The van der Waals surface area contributed by atoms with Gasteiger partial charge in [-0.3, -0.25) is 4.79 Å². The number of carbonyl (C=O) groups excluding carboxylic acids is 2. The smallest absolute Gasteiger partial charge is 0.344 e. The minimum Gasteiger partial charge on any atom is -0.449 e. The molecule has 0 spiro atoms. The summed E-state index contributed by atoms with van der Waals surface area (Å²) in [6, 6.07) is 4.89. The molecule has 0 saturated carbocycles. The molecule has 0 fully saturated rings. The van der Waals surface area contributed by atoms with Crippen LogP contribution < -0.4 is 11.0 Å². The summed E-state index contributed by atoms with van der Waals surface area (Å²) in [6.07, 6.45) is -1.03. The zero-order valence-electron chi connectivity index (χ0n) is 13.8. The lowest BCUT2D eigenvalue weighted by Crippen LogP contribution is -2.30. The number of aryl methyl sites for hydroxylation is 2. The van der Waals surface area contributed by atoms with Crippen LogP contribution in [0.1, 0.15) is 28.7 Å². The molecular weight excluding hydrogens is 328 g/mol. The SMILES string of the molecule is Cc1noc(C)c1C(=O)O[C@@H](C)C(=O)Nc1ccc2[nH]c(=O)[nH]c2c1. The number of hydrogen-bond acceptors (Lipinski definition) is 6. The number of aromatic nitrogens is 3. The van der Waals surface area contributed by atoms with Crippen molar-refractivity contribution in [3.8, 4) is 0 Å². The molecule has 0 bridgehead atoms. The molecule has 0 aliphatic heterocycles. The number of esters is 1. The van der Waals surface area contributed by atoms with Gasteiger partial charge in [0.1, 0.15) is 11.3 Å². The summed E-state index contributed by atoms with van der Waals surface area (Å²) in [5, 5.41) is 6.31. The highest BCUT2D eigenvalue weighted by Gasteiger charge is 2.24. The molecule has 0 aliphatic carbocycles. The lowest BCUT2D eigenvalue weighted by molar-refractivity contribution is -0.123. The largest absolute Gasteiger partial charge is 0.449 e. The fourth-order valence-corrected chi connectivity index (χ4v) is 2.40. The predicted octanol–water partition coefficient (Wildman–Crippen LogP) is 1.65. The van der Waals surface area contributed by atoms with Crippen LogP contribution in [0.3, 0.4) is 0 Å². The Morgan fingerprint density at radius 2 is 1.96 bits per heavy atom. The van der Waals surface area contributed by atoms with E-state index in [1.165, 1.54) is 6.92 Å². The summed E-state index contributed by atoms with van der Waals surface area (Å²) in [5.74, 6) is -0.848. The number of imidazole rings is 1. The number of nitrogens with one attached hydrogen (secondary N) is 3. The molecule has 0 unspecified atom stereocenters. The number of nitrogens with zero attached hydrogens (tertiary/aromatic N) is 1. The van der Waals surface area contributed by atoms with E-state index in [-0.39, 0.29) is 11.3 Å². The van der Waals surface area contributed by atoms with Crippen LogP contribution >= 0.6 is 0 Å². The van der Waals surface area contributed by atoms with Crippen LogP contribution in [0, 0.1) is 13.8 Å². The molecule has 1 atom stereocenters. The van der Waals surface area contributed by atoms with E-state index in [2.05, 4.69) is 20.4 Å². The molecule has 9 heteroatoms. The van der Waals surface area contributed by atoms with Gasteiger partial charge in [-0.2, -0.15) is 0 Å². The minimum absolute atomic E-state index is 0.214. The summed E-state index contributed by atoms with van der Waals surface area (Å²) in [7, 11) is 0. The van der Waals surface area contributed by atoms with E-state index in [9.17, 15) is 14.4 Å². The normalized spacial score (nSPS) is 12.1. The lowest BCUT2D eigenvalue weighted by atomic mass is 10.2. The van der Waals surface area contributed by atoms with Crippen molar-refractivity contribution in [3.63, 3.8) is 0 Å². The van der Waals surface area contributed by atoms with Crippen molar-refractivity contribution in [2.45, 2.75) is 26.9 Å². The number of aromatic amines is 2. The van der Waals surface area contributed by atoms with E-state index in [4.69, 9.17) is 9.26 Å². The maximum atomic E-state index is 12.2. The van der Waals surface area contributed by atoms with Crippen LogP contribution in [0.5, 0.6) is 0 Å². The standard InChI is InChI=1S/C16H16N4O5/c1-7-13(8(2)25-20-7)15(22)24-9(3)14(21)17-10-4-5-11-12(6-10)19-16(23)18-11/h4-6,9H,1-3H3,(H,17,21)(H2,18,19,23)/t9-/m0/s1. The molecule has 0 radical (unpaired) electrons. The number of H-pyrrole nitrogens is 2. The van der Waals surface area contributed by atoms with Gasteiger partial charge in [-0.15, -0.1) is 0 Å².